The maximum atomic E-state index is 3.81. The number of allylic oxidation sites excluding steroid dienone is 1. The minimum atomic E-state index is 0.866. The van der Waals surface area contributed by atoms with Gasteiger partial charge in [0.2, 0.25) is 0 Å². The van der Waals surface area contributed by atoms with Crippen molar-refractivity contribution in [3.63, 3.8) is 0 Å². The van der Waals surface area contributed by atoms with Crippen molar-refractivity contribution in [3.05, 3.63) is 18.2 Å². The molecule has 0 aliphatic carbocycles. The van der Waals surface area contributed by atoms with Crippen LogP contribution in [0.4, 0.5) is 0 Å². The minimum absolute atomic E-state index is 0.866. The smallest absolute Gasteiger partial charge is 0.133 e. The molecule has 58 valence electrons. The Balaban J connectivity index is 2.71. The summed E-state index contributed by atoms with van der Waals surface area (Å²) in [5, 5.41) is 7.53. The van der Waals surface area contributed by atoms with Crippen molar-refractivity contribution in [2.24, 2.45) is 4.99 Å². The lowest BCUT2D eigenvalue weighted by Gasteiger charge is -1.89. The van der Waals surface area contributed by atoms with Crippen molar-refractivity contribution in [2.75, 3.05) is 7.05 Å². The molecule has 1 heterocycles. The van der Waals surface area contributed by atoms with Gasteiger partial charge in [-0.3, -0.25) is 9.56 Å². The highest BCUT2D eigenvalue weighted by Crippen LogP contribution is 1.91. The summed E-state index contributed by atoms with van der Waals surface area (Å²) in [6.07, 6.45) is 7.04. The van der Waals surface area contributed by atoms with Crippen molar-refractivity contribution in [2.45, 2.75) is 6.92 Å². The lowest BCUT2D eigenvalue weighted by Crippen LogP contribution is -1.86. The standard InChI is InChI=1S/C7H10N4/c1-7-10-9-6-11(7)5-3-4-8-2/h3-6H,1-2H3/b5-3-,8-4?. The van der Waals surface area contributed by atoms with Gasteiger partial charge in [-0.05, 0) is 13.0 Å². The number of hydrogen-bond acceptors (Lipinski definition) is 3. The maximum Gasteiger partial charge on any atom is 0.133 e. The molecule has 0 aliphatic rings. The van der Waals surface area contributed by atoms with E-state index in [0.29, 0.717) is 0 Å². The molecule has 4 heteroatoms. The van der Waals surface area contributed by atoms with Crippen LogP contribution < -0.4 is 0 Å². The average Bonchev–Trinajstić information content (AvgIpc) is 2.37. The quantitative estimate of drug-likeness (QED) is 0.584. The molecule has 0 unspecified atom stereocenters. The van der Waals surface area contributed by atoms with Crippen LogP contribution in [0.3, 0.4) is 0 Å². The van der Waals surface area contributed by atoms with Gasteiger partial charge >= 0.3 is 0 Å². The number of nitrogens with zero attached hydrogens (tertiary/aromatic N) is 4. The zero-order valence-corrected chi connectivity index (χ0v) is 6.60. The predicted molar refractivity (Wildman–Crippen MR) is 44.5 cm³/mol. The molecule has 0 spiro atoms. The summed E-state index contributed by atoms with van der Waals surface area (Å²) in [5.74, 6) is 0.866. The van der Waals surface area contributed by atoms with E-state index in [2.05, 4.69) is 15.2 Å². The molecule has 0 aromatic carbocycles. The Morgan fingerprint density at radius 2 is 2.45 bits per heavy atom. The van der Waals surface area contributed by atoms with E-state index in [1.165, 1.54) is 0 Å². The van der Waals surface area contributed by atoms with Crippen molar-refractivity contribution in [1.29, 1.82) is 0 Å². The van der Waals surface area contributed by atoms with Crippen molar-refractivity contribution < 1.29 is 0 Å². The summed E-state index contributed by atoms with van der Waals surface area (Å²) in [4.78, 5) is 3.80. The first kappa shape index (κ1) is 7.65. The molecule has 0 radical (unpaired) electrons. The molecule has 0 bridgehead atoms. The summed E-state index contributed by atoms with van der Waals surface area (Å²) >= 11 is 0. The van der Waals surface area contributed by atoms with Crippen LogP contribution in [-0.2, 0) is 0 Å². The van der Waals surface area contributed by atoms with Crippen LogP contribution in [0.2, 0.25) is 0 Å². The van der Waals surface area contributed by atoms with Gasteiger partial charge in [0.15, 0.2) is 0 Å². The van der Waals surface area contributed by atoms with E-state index in [1.54, 1.807) is 19.6 Å². The average molecular weight is 150 g/mol. The van der Waals surface area contributed by atoms with Gasteiger partial charge in [0, 0.05) is 19.5 Å². The molecule has 0 atom stereocenters. The van der Waals surface area contributed by atoms with Crippen LogP contribution in [0.15, 0.2) is 17.4 Å². The first-order chi connectivity index (χ1) is 5.34. The molecule has 1 aromatic heterocycles. The van der Waals surface area contributed by atoms with Crippen LogP contribution in [-0.4, -0.2) is 28.0 Å². The molecule has 1 aromatic rings. The molecule has 0 saturated heterocycles. The van der Waals surface area contributed by atoms with Gasteiger partial charge in [0.25, 0.3) is 0 Å². The van der Waals surface area contributed by atoms with Crippen LogP contribution in [0, 0.1) is 6.92 Å². The van der Waals surface area contributed by atoms with E-state index in [4.69, 9.17) is 0 Å². The molecule has 0 amide bonds. The topological polar surface area (TPSA) is 43.1 Å². The zero-order valence-electron chi connectivity index (χ0n) is 6.60. The van der Waals surface area contributed by atoms with Gasteiger partial charge in [0.1, 0.15) is 12.2 Å². The second kappa shape index (κ2) is 3.65. The lowest BCUT2D eigenvalue weighted by atomic mass is 10.6. The fourth-order valence-corrected chi connectivity index (χ4v) is 0.664. The van der Waals surface area contributed by atoms with Crippen molar-refractivity contribution >= 4 is 12.4 Å². The summed E-state index contributed by atoms with van der Waals surface area (Å²) < 4.78 is 1.82. The fourth-order valence-electron chi connectivity index (χ4n) is 0.664. The van der Waals surface area contributed by atoms with Gasteiger partial charge in [-0.25, -0.2) is 0 Å². The summed E-state index contributed by atoms with van der Waals surface area (Å²) in [6.45, 7) is 1.89. The Morgan fingerprint density at radius 1 is 1.64 bits per heavy atom. The van der Waals surface area contributed by atoms with Crippen molar-refractivity contribution in [3.8, 4) is 0 Å². The summed E-state index contributed by atoms with van der Waals surface area (Å²) in [5.41, 5.74) is 0. The summed E-state index contributed by atoms with van der Waals surface area (Å²) in [6, 6.07) is 0. The van der Waals surface area contributed by atoms with Gasteiger partial charge in [-0.1, -0.05) is 0 Å². The molecule has 0 N–H and O–H groups in total. The third-order valence-corrected chi connectivity index (χ3v) is 1.23. The zero-order chi connectivity index (χ0) is 8.10. The number of aryl methyl sites for hydroxylation is 1. The Labute approximate surface area is 65.3 Å². The van der Waals surface area contributed by atoms with Gasteiger partial charge < -0.3 is 0 Å². The minimum Gasteiger partial charge on any atom is -0.296 e. The highest BCUT2D eigenvalue weighted by Gasteiger charge is 1.89. The van der Waals surface area contributed by atoms with E-state index in [-0.39, 0.29) is 0 Å². The van der Waals surface area contributed by atoms with Crippen LogP contribution in [0.5, 0.6) is 0 Å². The van der Waals surface area contributed by atoms with Crippen LogP contribution >= 0.6 is 0 Å². The van der Waals surface area contributed by atoms with Gasteiger partial charge in [0.05, 0.1) is 0 Å². The fraction of sp³-hybridized carbons (Fsp3) is 0.286. The lowest BCUT2D eigenvalue weighted by molar-refractivity contribution is 1.01. The predicted octanol–water partition coefficient (Wildman–Crippen LogP) is 0.758. The Morgan fingerprint density at radius 3 is 3.00 bits per heavy atom. The van der Waals surface area contributed by atoms with Gasteiger partial charge in [-0.15, -0.1) is 10.2 Å². The highest BCUT2D eigenvalue weighted by atomic mass is 15.2. The molecule has 11 heavy (non-hydrogen) atoms. The normalized spacial score (nSPS) is 11.8. The number of aliphatic imine (C=N–C) groups is 1. The number of hydrogen-bond donors (Lipinski definition) is 0. The number of aromatic nitrogens is 3. The van der Waals surface area contributed by atoms with Crippen LogP contribution in [0.25, 0.3) is 6.20 Å². The van der Waals surface area contributed by atoms with E-state index in [9.17, 15) is 0 Å². The first-order valence-corrected chi connectivity index (χ1v) is 3.29. The Kier molecular flexibility index (Phi) is 2.54. The maximum absolute atomic E-state index is 3.81. The molecule has 0 aliphatic heterocycles. The van der Waals surface area contributed by atoms with Crippen molar-refractivity contribution in [1.82, 2.24) is 14.8 Å². The third-order valence-electron chi connectivity index (χ3n) is 1.23. The second-order valence-electron chi connectivity index (χ2n) is 2.03. The monoisotopic (exact) mass is 150 g/mol. The Bertz CT molecular complexity index is 272. The molecule has 1 rings (SSSR count). The molecule has 0 fully saturated rings. The highest BCUT2D eigenvalue weighted by molar-refractivity contribution is 5.74. The van der Waals surface area contributed by atoms with Crippen LogP contribution in [0.1, 0.15) is 5.82 Å². The largest absolute Gasteiger partial charge is 0.296 e. The van der Waals surface area contributed by atoms with E-state index in [0.717, 1.165) is 5.82 Å². The number of rotatable bonds is 2. The SMILES string of the molecule is CN=C/C=C\n1cnnc1C. The van der Waals surface area contributed by atoms with E-state index in [1.807, 2.05) is 23.8 Å². The van der Waals surface area contributed by atoms with Gasteiger partial charge in [-0.2, -0.15) is 0 Å². The summed E-state index contributed by atoms with van der Waals surface area (Å²) in [7, 11) is 1.73. The first-order valence-electron chi connectivity index (χ1n) is 3.29. The second-order valence-corrected chi connectivity index (χ2v) is 2.03. The third kappa shape index (κ3) is 2.00. The molecule has 4 nitrogen and oxygen atoms in total. The van der Waals surface area contributed by atoms with E-state index < -0.39 is 0 Å². The molecule has 0 saturated carbocycles. The Hall–Kier alpha value is -1.45. The molecular weight excluding hydrogens is 140 g/mol. The van der Waals surface area contributed by atoms with E-state index >= 15 is 0 Å². The molecular formula is C7H10N4.